The molecule has 0 N–H and O–H groups in total. The average molecular weight is 217 g/mol. The number of carbonyl (C=O) groups is 1. The molecule has 3 heteroatoms. The molecule has 0 radical (unpaired) electrons. The Morgan fingerprint density at radius 3 is 2.81 bits per heavy atom. The van der Waals surface area contributed by atoms with E-state index in [-0.39, 0.29) is 5.97 Å². The summed E-state index contributed by atoms with van der Waals surface area (Å²) in [6.07, 6.45) is 0. The highest BCUT2D eigenvalue weighted by Crippen LogP contribution is 2.27. The molecule has 0 bridgehead atoms. The molecule has 0 saturated carbocycles. The third-order valence-corrected chi connectivity index (χ3v) is 2.56. The number of hydrogen-bond donors (Lipinski definition) is 0. The van der Waals surface area contributed by atoms with Crippen molar-refractivity contribution in [2.75, 3.05) is 18.1 Å². The van der Waals surface area contributed by atoms with Crippen LogP contribution in [0.1, 0.15) is 6.92 Å². The zero-order valence-electron chi connectivity index (χ0n) is 9.35. The van der Waals surface area contributed by atoms with Crippen molar-refractivity contribution >= 4 is 11.7 Å². The van der Waals surface area contributed by atoms with Crippen LogP contribution in [0.3, 0.4) is 0 Å². The summed E-state index contributed by atoms with van der Waals surface area (Å²) in [5.41, 5.74) is 1.63. The molecule has 0 amide bonds. The Morgan fingerprint density at radius 1 is 1.50 bits per heavy atom. The molecule has 1 fully saturated rings. The van der Waals surface area contributed by atoms with Crippen LogP contribution < -0.4 is 4.90 Å². The minimum atomic E-state index is -0.306. The molecule has 1 atom stereocenters. The lowest BCUT2D eigenvalue weighted by Crippen LogP contribution is -2.13. The van der Waals surface area contributed by atoms with Crippen LogP contribution in [0.5, 0.6) is 0 Å². The molecule has 0 aromatic heterocycles. The fourth-order valence-corrected chi connectivity index (χ4v) is 1.55. The summed E-state index contributed by atoms with van der Waals surface area (Å²) < 4.78 is 5.10. The van der Waals surface area contributed by atoms with Gasteiger partial charge in [-0.1, -0.05) is 24.8 Å². The number of rotatable bonds is 4. The minimum absolute atomic E-state index is 0.306. The van der Waals surface area contributed by atoms with Crippen LogP contribution in [0.4, 0.5) is 5.69 Å². The van der Waals surface area contributed by atoms with E-state index in [2.05, 4.69) is 23.6 Å². The SMILES string of the molecule is C=C(C)C(=O)OCC1CN1c1ccccc1. The zero-order valence-corrected chi connectivity index (χ0v) is 9.35. The van der Waals surface area contributed by atoms with Crippen LogP contribution in [0.15, 0.2) is 42.5 Å². The highest BCUT2D eigenvalue weighted by molar-refractivity contribution is 5.87. The van der Waals surface area contributed by atoms with Crippen LogP contribution in [0.25, 0.3) is 0 Å². The van der Waals surface area contributed by atoms with Gasteiger partial charge in [0.05, 0.1) is 6.04 Å². The highest BCUT2D eigenvalue weighted by Gasteiger charge is 2.35. The predicted octanol–water partition coefficient (Wildman–Crippen LogP) is 1.99. The van der Waals surface area contributed by atoms with Crippen molar-refractivity contribution < 1.29 is 9.53 Å². The number of para-hydroxylation sites is 1. The van der Waals surface area contributed by atoms with Crippen molar-refractivity contribution in [1.29, 1.82) is 0 Å². The normalized spacial score (nSPS) is 18.1. The van der Waals surface area contributed by atoms with Gasteiger partial charge in [-0.2, -0.15) is 0 Å². The maximum atomic E-state index is 11.2. The van der Waals surface area contributed by atoms with Crippen molar-refractivity contribution in [3.05, 3.63) is 42.5 Å². The molecule has 1 aromatic carbocycles. The Hall–Kier alpha value is -1.77. The van der Waals surface area contributed by atoms with Crippen LogP contribution >= 0.6 is 0 Å². The zero-order chi connectivity index (χ0) is 11.5. The minimum Gasteiger partial charge on any atom is -0.460 e. The number of carbonyl (C=O) groups excluding carboxylic acids is 1. The molecule has 1 aromatic rings. The third-order valence-electron chi connectivity index (χ3n) is 2.56. The molecule has 16 heavy (non-hydrogen) atoms. The maximum absolute atomic E-state index is 11.2. The number of ether oxygens (including phenoxy) is 1. The average Bonchev–Trinajstić information content (AvgIpc) is 3.06. The number of benzene rings is 1. The van der Waals surface area contributed by atoms with E-state index in [1.807, 2.05) is 18.2 Å². The number of anilines is 1. The first-order valence-electron chi connectivity index (χ1n) is 5.33. The van der Waals surface area contributed by atoms with Gasteiger partial charge in [0.25, 0.3) is 0 Å². The van der Waals surface area contributed by atoms with Gasteiger partial charge in [0.2, 0.25) is 0 Å². The van der Waals surface area contributed by atoms with Crippen molar-refractivity contribution in [3.8, 4) is 0 Å². The Kier molecular flexibility index (Phi) is 2.95. The van der Waals surface area contributed by atoms with E-state index in [0.29, 0.717) is 18.2 Å². The molecular weight excluding hydrogens is 202 g/mol. The third kappa shape index (κ3) is 2.42. The molecule has 1 heterocycles. The van der Waals surface area contributed by atoms with Gasteiger partial charge in [0.15, 0.2) is 0 Å². The molecule has 1 saturated heterocycles. The Morgan fingerprint density at radius 2 is 2.19 bits per heavy atom. The maximum Gasteiger partial charge on any atom is 0.333 e. The lowest BCUT2D eigenvalue weighted by Gasteiger charge is -2.06. The summed E-state index contributed by atoms with van der Waals surface area (Å²) in [4.78, 5) is 13.4. The summed E-state index contributed by atoms with van der Waals surface area (Å²) in [5.74, 6) is -0.306. The Bertz CT molecular complexity index is 400. The number of hydrogen-bond acceptors (Lipinski definition) is 3. The van der Waals surface area contributed by atoms with Crippen molar-refractivity contribution in [1.82, 2.24) is 0 Å². The van der Waals surface area contributed by atoms with Crippen molar-refractivity contribution in [2.45, 2.75) is 13.0 Å². The van der Waals surface area contributed by atoms with Gasteiger partial charge < -0.3 is 9.64 Å². The van der Waals surface area contributed by atoms with E-state index in [1.165, 1.54) is 5.69 Å². The molecule has 0 aliphatic carbocycles. The summed E-state index contributed by atoms with van der Waals surface area (Å²) in [6, 6.07) is 10.4. The molecule has 2 rings (SSSR count). The van der Waals surface area contributed by atoms with E-state index in [1.54, 1.807) is 6.92 Å². The fourth-order valence-electron chi connectivity index (χ4n) is 1.55. The molecular formula is C13H15NO2. The largest absolute Gasteiger partial charge is 0.460 e. The smallest absolute Gasteiger partial charge is 0.333 e. The van der Waals surface area contributed by atoms with Gasteiger partial charge in [0.1, 0.15) is 6.61 Å². The monoisotopic (exact) mass is 217 g/mol. The van der Waals surface area contributed by atoms with Gasteiger partial charge >= 0.3 is 5.97 Å². The van der Waals surface area contributed by atoms with E-state index in [0.717, 1.165) is 6.54 Å². The van der Waals surface area contributed by atoms with Crippen LogP contribution in [-0.4, -0.2) is 25.2 Å². The number of esters is 1. The second kappa shape index (κ2) is 4.39. The fraction of sp³-hybridized carbons (Fsp3) is 0.308. The van der Waals surface area contributed by atoms with E-state index >= 15 is 0 Å². The van der Waals surface area contributed by atoms with Crippen LogP contribution in [0, 0.1) is 0 Å². The molecule has 1 aliphatic rings. The van der Waals surface area contributed by atoms with Crippen LogP contribution in [-0.2, 0) is 9.53 Å². The lowest BCUT2D eigenvalue weighted by molar-refractivity contribution is -0.138. The Balaban J connectivity index is 1.80. The molecule has 1 aliphatic heterocycles. The molecule has 1 unspecified atom stereocenters. The summed E-state index contributed by atoms with van der Waals surface area (Å²) in [6.45, 7) is 6.60. The summed E-state index contributed by atoms with van der Waals surface area (Å²) in [7, 11) is 0. The van der Waals surface area contributed by atoms with E-state index in [4.69, 9.17) is 4.74 Å². The van der Waals surface area contributed by atoms with Crippen molar-refractivity contribution in [3.63, 3.8) is 0 Å². The lowest BCUT2D eigenvalue weighted by atomic mass is 10.3. The predicted molar refractivity (Wildman–Crippen MR) is 63.3 cm³/mol. The molecule has 3 nitrogen and oxygen atoms in total. The second-order valence-electron chi connectivity index (χ2n) is 4.02. The van der Waals surface area contributed by atoms with Gasteiger partial charge in [-0.05, 0) is 19.1 Å². The van der Waals surface area contributed by atoms with Crippen LogP contribution in [0.2, 0.25) is 0 Å². The van der Waals surface area contributed by atoms with E-state index < -0.39 is 0 Å². The summed E-state index contributed by atoms with van der Waals surface area (Å²) in [5, 5.41) is 0. The second-order valence-corrected chi connectivity index (χ2v) is 4.02. The van der Waals surface area contributed by atoms with Gasteiger partial charge in [-0.15, -0.1) is 0 Å². The summed E-state index contributed by atoms with van der Waals surface area (Å²) >= 11 is 0. The number of nitrogens with zero attached hydrogens (tertiary/aromatic N) is 1. The first-order valence-corrected chi connectivity index (χ1v) is 5.33. The van der Waals surface area contributed by atoms with E-state index in [9.17, 15) is 4.79 Å². The first-order chi connectivity index (χ1) is 7.68. The topological polar surface area (TPSA) is 29.3 Å². The quantitative estimate of drug-likeness (QED) is 0.439. The highest BCUT2D eigenvalue weighted by atomic mass is 16.5. The molecule has 84 valence electrons. The first kappa shape index (κ1) is 10.7. The van der Waals surface area contributed by atoms with Gasteiger partial charge in [-0.25, -0.2) is 4.79 Å². The standard InChI is InChI=1S/C13H15NO2/c1-10(2)13(15)16-9-12-8-14(12)11-6-4-3-5-7-11/h3-7,12H,1,8-9H2,2H3. The molecule has 0 spiro atoms. The Labute approximate surface area is 95.3 Å². The van der Waals surface area contributed by atoms with Crippen molar-refractivity contribution in [2.24, 2.45) is 0 Å². The van der Waals surface area contributed by atoms with Gasteiger partial charge in [0, 0.05) is 17.8 Å². The van der Waals surface area contributed by atoms with Gasteiger partial charge in [-0.3, -0.25) is 0 Å².